The molecule has 0 rings (SSSR count). The van der Waals surface area contributed by atoms with Crippen LogP contribution in [0.25, 0.3) is 0 Å². The lowest BCUT2D eigenvalue weighted by molar-refractivity contribution is -0.108. The summed E-state index contributed by atoms with van der Waals surface area (Å²) in [5.74, 6) is 0. The van der Waals surface area contributed by atoms with Crippen LogP contribution in [0.3, 0.4) is 0 Å². The van der Waals surface area contributed by atoms with E-state index in [1.165, 1.54) is 5.01 Å². The second kappa shape index (κ2) is 4.05. The van der Waals surface area contributed by atoms with Crippen LogP contribution in [0, 0.1) is 4.91 Å². The third kappa shape index (κ3) is 3.11. The topological polar surface area (TPSA) is 49.7 Å². The summed E-state index contributed by atoms with van der Waals surface area (Å²) in [6.07, 6.45) is 1.96. The van der Waals surface area contributed by atoms with Crippen molar-refractivity contribution >= 4 is 6.29 Å². The lowest BCUT2D eigenvalue weighted by Crippen LogP contribution is -2.36. The number of hydrogen-bond donors (Lipinski definition) is 0. The van der Waals surface area contributed by atoms with Gasteiger partial charge in [-0.05, 0) is 20.3 Å². The van der Waals surface area contributed by atoms with Crippen molar-refractivity contribution in [2.75, 3.05) is 7.05 Å². The van der Waals surface area contributed by atoms with Gasteiger partial charge in [0.2, 0.25) is 0 Å². The normalized spacial score (nSPS) is 10.8. The highest BCUT2D eigenvalue weighted by atomic mass is 16.3. The van der Waals surface area contributed by atoms with Crippen molar-refractivity contribution in [3.05, 3.63) is 4.91 Å². The van der Waals surface area contributed by atoms with Crippen LogP contribution in [0.2, 0.25) is 0 Å². The smallest absolute Gasteiger partial charge is 0.120 e. The second-order valence-electron chi connectivity index (χ2n) is 3.12. The lowest BCUT2D eigenvalue weighted by Gasteiger charge is -2.29. The van der Waals surface area contributed by atoms with E-state index in [0.29, 0.717) is 12.8 Å². The maximum Gasteiger partial charge on any atom is 0.120 e. The summed E-state index contributed by atoms with van der Waals surface area (Å²) in [4.78, 5) is 20.1. The van der Waals surface area contributed by atoms with Crippen LogP contribution in [-0.4, -0.2) is 23.9 Å². The first-order valence-electron chi connectivity index (χ1n) is 3.55. The Kier molecular flexibility index (Phi) is 3.71. The van der Waals surface area contributed by atoms with Gasteiger partial charge >= 0.3 is 0 Å². The Labute approximate surface area is 66.5 Å². The van der Waals surface area contributed by atoms with Crippen LogP contribution in [0.4, 0.5) is 0 Å². The molecule has 0 atom stereocenters. The summed E-state index contributed by atoms with van der Waals surface area (Å²) < 4.78 is 0. The monoisotopic (exact) mass is 158 g/mol. The van der Waals surface area contributed by atoms with E-state index in [9.17, 15) is 9.70 Å². The molecule has 4 nitrogen and oxygen atoms in total. The van der Waals surface area contributed by atoms with Gasteiger partial charge in [0.05, 0.1) is 10.8 Å². The van der Waals surface area contributed by atoms with Gasteiger partial charge in [0.15, 0.2) is 0 Å². The maximum absolute atomic E-state index is 10.1. The molecule has 0 amide bonds. The highest BCUT2D eigenvalue weighted by Gasteiger charge is 2.22. The van der Waals surface area contributed by atoms with Crippen molar-refractivity contribution in [3.63, 3.8) is 0 Å². The first kappa shape index (κ1) is 10.1. The highest BCUT2D eigenvalue weighted by molar-refractivity contribution is 5.49. The molecular formula is C7H14N2O2. The maximum atomic E-state index is 10.1. The molecule has 0 aliphatic rings. The van der Waals surface area contributed by atoms with Gasteiger partial charge in [-0.3, -0.25) is 5.01 Å². The first-order chi connectivity index (χ1) is 5.04. The van der Waals surface area contributed by atoms with Crippen molar-refractivity contribution < 1.29 is 4.79 Å². The Morgan fingerprint density at radius 3 is 2.45 bits per heavy atom. The number of hydrogen-bond acceptors (Lipinski definition) is 3. The van der Waals surface area contributed by atoms with Gasteiger partial charge in [0, 0.05) is 13.5 Å². The molecule has 0 saturated carbocycles. The van der Waals surface area contributed by atoms with Crippen LogP contribution in [0.1, 0.15) is 26.7 Å². The summed E-state index contributed by atoms with van der Waals surface area (Å²) in [6, 6.07) is 0. The fourth-order valence-corrected chi connectivity index (χ4v) is 0.684. The van der Waals surface area contributed by atoms with E-state index in [2.05, 4.69) is 5.29 Å². The molecule has 64 valence electrons. The molecule has 0 radical (unpaired) electrons. The minimum atomic E-state index is -0.317. The van der Waals surface area contributed by atoms with E-state index in [-0.39, 0.29) is 5.54 Å². The molecule has 0 heterocycles. The fourth-order valence-electron chi connectivity index (χ4n) is 0.684. The Morgan fingerprint density at radius 2 is 2.09 bits per heavy atom. The SMILES string of the molecule is CN(N=O)C(C)(C)CCC=O. The molecule has 0 aromatic carbocycles. The number of nitroso groups, excluding NO2 is 1. The quantitative estimate of drug-likeness (QED) is 0.345. The fraction of sp³-hybridized carbons (Fsp3) is 0.857. The average Bonchev–Trinajstić information content (AvgIpc) is 1.99. The zero-order valence-electron chi connectivity index (χ0n) is 7.20. The third-order valence-electron chi connectivity index (χ3n) is 1.87. The second-order valence-corrected chi connectivity index (χ2v) is 3.12. The number of aldehydes is 1. The zero-order chi connectivity index (χ0) is 8.91. The van der Waals surface area contributed by atoms with Crippen LogP contribution in [-0.2, 0) is 4.79 Å². The molecule has 0 aromatic rings. The highest BCUT2D eigenvalue weighted by Crippen LogP contribution is 2.17. The minimum absolute atomic E-state index is 0.317. The minimum Gasteiger partial charge on any atom is -0.303 e. The van der Waals surface area contributed by atoms with E-state index in [1.807, 2.05) is 13.8 Å². The van der Waals surface area contributed by atoms with Crippen molar-refractivity contribution in [2.24, 2.45) is 5.29 Å². The Bertz CT molecular complexity index is 145. The number of carbonyl (C=O) groups excluding carboxylic acids is 1. The average molecular weight is 158 g/mol. The van der Waals surface area contributed by atoms with Gasteiger partial charge in [-0.25, -0.2) is 0 Å². The van der Waals surface area contributed by atoms with E-state index in [1.54, 1.807) is 7.05 Å². The summed E-state index contributed by atoms with van der Waals surface area (Å²) >= 11 is 0. The molecule has 0 unspecified atom stereocenters. The van der Waals surface area contributed by atoms with Crippen LogP contribution < -0.4 is 0 Å². The van der Waals surface area contributed by atoms with Gasteiger partial charge in [-0.15, -0.1) is 4.91 Å². The van der Waals surface area contributed by atoms with E-state index >= 15 is 0 Å². The Morgan fingerprint density at radius 1 is 1.55 bits per heavy atom. The number of nitrogens with zero attached hydrogens (tertiary/aromatic N) is 2. The van der Waals surface area contributed by atoms with E-state index < -0.39 is 0 Å². The molecule has 11 heavy (non-hydrogen) atoms. The van der Waals surface area contributed by atoms with E-state index in [0.717, 1.165) is 6.29 Å². The molecule has 0 spiro atoms. The van der Waals surface area contributed by atoms with E-state index in [4.69, 9.17) is 0 Å². The molecule has 0 N–H and O–H groups in total. The largest absolute Gasteiger partial charge is 0.303 e. The van der Waals surface area contributed by atoms with Crippen molar-refractivity contribution in [1.82, 2.24) is 5.01 Å². The van der Waals surface area contributed by atoms with Gasteiger partial charge in [0.25, 0.3) is 0 Å². The molecule has 0 saturated heterocycles. The molecule has 0 fully saturated rings. The summed E-state index contributed by atoms with van der Waals surface area (Å²) in [7, 11) is 1.61. The van der Waals surface area contributed by atoms with Crippen LogP contribution >= 0.6 is 0 Å². The van der Waals surface area contributed by atoms with Crippen molar-refractivity contribution in [2.45, 2.75) is 32.2 Å². The molecule has 0 aliphatic heterocycles. The third-order valence-corrected chi connectivity index (χ3v) is 1.87. The Balaban J connectivity index is 3.96. The molecular weight excluding hydrogens is 144 g/mol. The van der Waals surface area contributed by atoms with Crippen LogP contribution in [0.5, 0.6) is 0 Å². The Hall–Kier alpha value is -0.930. The van der Waals surface area contributed by atoms with Crippen LogP contribution in [0.15, 0.2) is 5.29 Å². The molecule has 4 heteroatoms. The molecule has 0 bridgehead atoms. The standard InChI is InChI=1S/C7H14N2O2/c1-7(2,5-4-6-10)9(3)8-11/h6H,4-5H2,1-3H3. The van der Waals surface area contributed by atoms with Gasteiger partial charge in [-0.2, -0.15) is 0 Å². The number of rotatable bonds is 5. The number of carbonyl (C=O) groups is 1. The van der Waals surface area contributed by atoms with Crippen molar-refractivity contribution in [3.8, 4) is 0 Å². The van der Waals surface area contributed by atoms with Gasteiger partial charge in [0.1, 0.15) is 6.29 Å². The summed E-state index contributed by atoms with van der Waals surface area (Å²) in [6.45, 7) is 3.75. The summed E-state index contributed by atoms with van der Waals surface area (Å²) in [5, 5.41) is 4.11. The lowest BCUT2D eigenvalue weighted by atomic mass is 9.99. The zero-order valence-corrected chi connectivity index (χ0v) is 7.20. The molecule has 0 aromatic heterocycles. The van der Waals surface area contributed by atoms with Crippen molar-refractivity contribution in [1.29, 1.82) is 0 Å². The predicted molar refractivity (Wildman–Crippen MR) is 42.9 cm³/mol. The summed E-state index contributed by atoms with van der Waals surface area (Å²) in [5.41, 5.74) is -0.317. The van der Waals surface area contributed by atoms with Gasteiger partial charge < -0.3 is 4.79 Å². The van der Waals surface area contributed by atoms with Gasteiger partial charge in [-0.1, -0.05) is 0 Å². The molecule has 0 aliphatic carbocycles. The first-order valence-corrected chi connectivity index (χ1v) is 3.55. The predicted octanol–water partition coefficient (Wildman–Crippen LogP) is 1.36.